The number of nitro groups is 1. The molecule has 1 aliphatic heterocycles. The van der Waals surface area contributed by atoms with E-state index in [-0.39, 0.29) is 29.7 Å². The average molecular weight is 394 g/mol. The molecule has 2 aromatic rings. The Balaban J connectivity index is 1.80. The number of piperidine rings is 1. The van der Waals surface area contributed by atoms with Crippen LogP contribution in [-0.2, 0) is 10.0 Å². The minimum atomic E-state index is -4.02. The predicted octanol–water partition coefficient (Wildman–Crippen LogP) is 1.63. The van der Waals surface area contributed by atoms with E-state index in [9.17, 15) is 18.5 Å². The Hall–Kier alpha value is -2.79. The zero-order valence-corrected chi connectivity index (χ0v) is 15.3. The molecule has 1 saturated heterocycles. The van der Waals surface area contributed by atoms with E-state index in [1.54, 1.807) is 0 Å². The lowest BCUT2D eigenvalue weighted by Crippen LogP contribution is -2.44. The van der Waals surface area contributed by atoms with Gasteiger partial charge in [0.2, 0.25) is 21.8 Å². The van der Waals surface area contributed by atoms with Crippen molar-refractivity contribution in [3.8, 4) is 11.8 Å². The smallest absolute Gasteiger partial charge is 0.289 e. The van der Waals surface area contributed by atoms with E-state index >= 15 is 0 Å². The molecule has 144 valence electrons. The molecule has 1 aliphatic rings. The van der Waals surface area contributed by atoms with Crippen LogP contribution in [0.4, 0.5) is 5.69 Å². The van der Waals surface area contributed by atoms with Crippen LogP contribution < -0.4 is 9.47 Å². The number of para-hydroxylation sites is 1. The summed E-state index contributed by atoms with van der Waals surface area (Å²) in [6.45, 7) is 0.325. The Morgan fingerprint density at radius 1 is 1.26 bits per heavy atom. The molecule has 0 amide bonds. The van der Waals surface area contributed by atoms with Crippen LogP contribution in [0.5, 0.6) is 11.8 Å². The first-order valence-corrected chi connectivity index (χ1v) is 9.62. The molecule has 0 spiro atoms. The van der Waals surface area contributed by atoms with Crippen LogP contribution in [0.25, 0.3) is 0 Å². The topological polar surface area (TPSA) is 125 Å². The Bertz CT molecular complexity index is 936. The molecule has 2 heterocycles. The lowest BCUT2D eigenvalue weighted by atomic mass is 10.1. The maximum atomic E-state index is 12.9. The molecule has 1 aromatic carbocycles. The number of aromatic nitrogens is 2. The van der Waals surface area contributed by atoms with Crippen LogP contribution >= 0.6 is 0 Å². The summed E-state index contributed by atoms with van der Waals surface area (Å²) in [5.74, 6) is 0.511. The van der Waals surface area contributed by atoms with Gasteiger partial charge in [0.05, 0.1) is 31.0 Å². The number of sulfonamides is 1. The lowest BCUT2D eigenvalue weighted by molar-refractivity contribution is -0.387. The summed E-state index contributed by atoms with van der Waals surface area (Å²) in [6, 6.07) is 5.31. The third kappa shape index (κ3) is 4.14. The van der Waals surface area contributed by atoms with Crippen LogP contribution in [0.1, 0.15) is 12.8 Å². The van der Waals surface area contributed by atoms with Gasteiger partial charge in [0.15, 0.2) is 4.90 Å². The first kappa shape index (κ1) is 19.0. The first-order valence-electron chi connectivity index (χ1n) is 8.18. The number of hydrogen-bond donors (Lipinski definition) is 0. The molecule has 3 rings (SSSR count). The zero-order chi connectivity index (χ0) is 19.4. The fraction of sp³-hybridized carbons (Fsp3) is 0.375. The Labute approximate surface area is 156 Å². The maximum Gasteiger partial charge on any atom is 0.289 e. The molecule has 1 fully saturated rings. The molecule has 0 radical (unpaired) electrons. The highest BCUT2D eigenvalue weighted by atomic mass is 32.2. The van der Waals surface area contributed by atoms with Gasteiger partial charge in [-0.1, -0.05) is 12.1 Å². The molecule has 0 aliphatic carbocycles. The predicted molar refractivity (Wildman–Crippen MR) is 94.1 cm³/mol. The van der Waals surface area contributed by atoms with Crippen molar-refractivity contribution in [2.24, 2.45) is 0 Å². The lowest BCUT2D eigenvalue weighted by Gasteiger charge is -2.31. The van der Waals surface area contributed by atoms with E-state index in [0.717, 1.165) is 0 Å². The highest BCUT2D eigenvalue weighted by Crippen LogP contribution is 2.29. The molecular formula is C16H18N4O6S. The van der Waals surface area contributed by atoms with Crippen molar-refractivity contribution in [3.05, 3.63) is 46.8 Å². The fourth-order valence-corrected chi connectivity index (χ4v) is 4.51. The Morgan fingerprint density at radius 3 is 2.74 bits per heavy atom. The second-order valence-corrected chi connectivity index (χ2v) is 7.78. The van der Waals surface area contributed by atoms with Gasteiger partial charge in [-0.05, 0) is 18.9 Å². The molecule has 0 saturated carbocycles. The van der Waals surface area contributed by atoms with Gasteiger partial charge in [-0.3, -0.25) is 15.1 Å². The first-order chi connectivity index (χ1) is 12.9. The summed E-state index contributed by atoms with van der Waals surface area (Å²) in [6.07, 6.45) is 3.58. The molecule has 1 aromatic heterocycles. The monoisotopic (exact) mass is 394 g/mol. The summed E-state index contributed by atoms with van der Waals surface area (Å²) in [7, 11) is -2.57. The van der Waals surface area contributed by atoms with E-state index in [2.05, 4.69) is 9.97 Å². The highest BCUT2D eigenvalue weighted by molar-refractivity contribution is 7.89. The number of nitrogens with zero attached hydrogens (tertiary/aromatic N) is 4. The quantitative estimate of drug-likeness (QED) is 0.535. The molecule has 10 nitrogen and oxygen atoms in total. The standard InChI is InChI=1S/C16H18N4O6S/c1-25-15-9-17-10-16(18-15)26-12-5-4-8-19(11-12)27(23,24)14-7-3-2-6-13(14)20(21)22/h2-3,6-7,9-10,12H,4-5,8,11H2,1H3. The van der Waals surface area contributed by atoms with Crippen LogP contribution in [0.15, 0.2) is 41.6 Å². The SMILES string of the molecule is COc1cncc(OC2CCCN(S(=O)(=O)c3ccccc3[N+](=O)[O-])C2)n1. The van der Waals surface area contributed by atoms with Crippen molar-refractivity contribution in [2.75, 3.05) is 20.2 Å². The van der Waals surface area contributed by atoms with Crippen molar-refractivity contribution < 1.29 is 22.8 Å². The van der Waals surface area contributed by atoms with E-state index < -0.39 is 26.7 Å². The zero-order valence-electron chi connectivity index (χ0n) is 14.5. The largest absolute Gasteiger partial charge is 0.480 e. The van der Waals surface area contributed by atoms with Crippen LogP contribution in [0.3, 0.4) is 0 Å². The Morgan fingerprint density at radius 2 is 2.00 bits per heavy atom. The number of rotatable bonds is 6. The number of benzene rings is 1. The molecule has 1 unspecified atom stereocenters. The summed E-state index contributed by atoms with van der Waals surface area (Å²) in [5.41, 5.74) is -0.445. The number of ether oxygens (including phenoxy) is 2. The van der Waals surface area contributed by atoms with Gasteiger partial charge in [0.25, 0.3) is 5.69 Å². The number of methoxy groups -OCH3 is 1. The normalized spacial score (nSPS) is 18.0. The third-order valence-corrected chi connectivity index (χ3v) is 6.02. The summed E-state index contributed by atoms with van der Waals surface area (Å²) in [5, 5.41) is 11.2. The minimum absolute atomic E-state index is 0.0628. The molecular weight excluding hydrogens is 376 g/mol. The average Bonchev–Trinajstić information content (AvgIpc) is 2.68. The minimum Gasteiger partial charge on any atom is -0.480 e. The Kier molecular flexibility index (Phi) is 5.51. The summed E-state index contributed by atoms with van der Waals surface area (Å²) < 4.78 is 37.8. The van der Waals surface area contributed by atoms with Crippen molar-refractivity contribution >= 4 is 15.7 Å². The summed E-state index contributed by atoms with van der Waals surface area (Å²) >= 11 is 0. The molecule has 11 heteroatoms. The highest BCUT2D eigenvalue weighted by Gasteiger charge is 2.35. The van der Waals surface area contributed by atoms with Gasteiger partial charge in [0, 0.05) is 12.6 Å². The molecule has 27 heavy (non-hydrogen) atoms. The second kappa shape index (κ2) is 7.84. The number of nitro benzene ring substituents is 1. The van der Waals surface area contributed by atoms with E-state index in [1.165, 1.54) is 48.1 Å². The van der Waals surface area contributed by atoms with Gasteiger partial charge in [-0.15, -0.1) is 0 Å². The van der Waals surface area contributed by atoms with Crippen LogP contribution in [0.2, 0.25) is 0 Å². The van der Waals surface area contributed by atoms with Crippen LogP contribution in [0, 0.1) is 10.1 Å². The van der Waals surface area contributed by atoms with Gasteiger partial charge >= 0.3 is 0 Å². The third-order valence-electron chi connectivity index (χ3n) is 4.11. The van der Waals surface area contributed by atoms with Gasteiger partial charge in [-0.2, -0.15) is 9.29 Å². The number of hydrogen-bond acceptors (Lipinski definition) is 8. The maximum absolute atomic E-state index is 12.9. The van der Waals surface area contributed by atoms with Crippen molar-refractivity contribution in [2.45, 2.75) is 23.8 Å². The van der Waals surface area contributed by atoms with Crippen LogP contribution in [-0.4, -0.2) is 53.9 Å². The molecule has 0 N–H and O–H groups in total. The van der Waals surface area contributed by atoms with E-state index in [0.29, 0.717) is 12.8 Å². The van der Waals surface area contributed by atoms with Crippen molar-refractivity contribution in [1.29, 1.82) is 0 Å². The van der Waals surface area contributed by atoms with Gasteiger partial charge in [0.1, 0.15) is 6.10 Å². The second-order valence-electron chi connectivity index (χ2n) is 5.87. The van der Waals surface area contributed by atoms with Crippen molar-refractivity contribution in [3.63, 3.8) is 0 Å². The van der Waals surface area contributed by atoms with Gasteiger partial charge in [-0.25, -0.2) is 8.42 Å². The summed E-state index contributed by atoms with van der Waals surface area (Å²) in [4.78, 5) is 18.2. The van der Waals surface area contributed by atoms with Gasteiger partial charge < -0.3 is 9.47 Å². The molecule has 1 atom stereocenters. The molecule has 0 bridgehead atoms. The van der Waals surface area contributed by atoms with E-state index in [4.69, 9.17) is 9.47 Å². The van der Waals surface area contributed by atoms with E-state index in [1.807, 2.05) is 0 Å². The van der Waals surface area contributed by atoms with Crippen molar-refractivity contribution in [1.82, 2.24) is 14.3 Å². The fourth-order valence-electron chi connectivity index (χ4n) is 2.84.